The number of pyridine rings is 1. The fourth-order valence-corrected chi connectivity index (χ4v) is 2.64. The molecule has 1 amide bonds. The number of aliphatic carboxylic acids is 2. The normalized spacial score (nSPS) is 11.4. The molecule has 10 nitrogen and oxygen atoms in total. The molecule has 0 radical (unpaired) electrons. The molecule has 0 unspecified atom stereocenters. The fourth-order valence-electron chi connectivity index (χ4n) is 2.64. The Morgan fingerprint density at radius 3 is 2.37 bits per heavy atom. The van der Waals surface area contributed by atoms with Crippen LogP contribution in [0.4, 0.5) is 10.6 Å². The van der Waals surface area contributed by atoms with E-state index in [1.54, 1.807) is 20.8 Å². The maximum atomic E-state index is 12.0. The molecular weight excluding hydrogens is 392 g/mol. The van der Waals surface area contributed by atoms with Gasteiger partial charge in [-0.05, 0) is 32.4 Å². The van der Waals surface area contributed by atoms with Crippen LogP contribution in [0.2, 0.25) is 0 Å². The maximum Gasteiger partial charge on any atom is 0.413 e. The van der Waals surface area contributed by atoms with E-state index in [0.29, 0.717) is 5.56 Å². The van der Waals surface area contributed by atoms with Crippen molar-refractivity contribution in [3.63, 3.8) is 0 Å². The molecule has 0 aliphatic rings. The molecule has 3 N–H and O–H groups in total. The number of nitrogens with zero attached hydrogens (tertiary/aromatic N) is 3. The second-order valence-electron chi connectivity index (χ2n) is 7.51. The van der Waals surface area contributed by atoms with E-state index in [2.05, 4.69) is 21.2 Å². The summed E-state index contributed by atoms with van der Waals surface area (Å²) >= 11 is 0. The highest BCUT2D eigenvalue weighted by Gasteiger charge is 2.50. The van der Waals surface area contributed by atoms with Crippen LogP contribution in [-0.4, -0.2) is 48.4 Å². The van der Waals surface area contributed by atoms with E-state index in [1.807, 2.05) is 0 Å². The highest BCUT2D eigenvalue weighted by molar-refractivity contribution is 6.04. The summed E-state index contributed by atoms with van der Waals surface area (Å²) in [6, 6.07) is 2.89. The minimum Gasteiger partial charge on any atom is -0.480 e. The lowest BCUT2D eigenvalue weighted by Crippen LogP contribution is -2.46. The molecule has 0 spiro atoms. The minimum atomic E-state index is -2.33. The molecule has 2 aromatic rings. The number of carbonyl (C=O) groups is 3. The number of amides is 1. The number of rotatable bonds is 7. The van der Waals surface area contributed by atoms with Crippen molar-refractivity contribution in [1.29, 1.82) is 0 Å². The number of imidazole rings is 1. The first-order valence-corrected chi connectivity index (χ1v) is 8.85. The van der Waals surface area contributed by atoms with Gasteiger partial charge in [-0.3, -0.25) is 14.9 Å². The van der Waals surface area contributed by atoms with Crippen LogP contribution in [-0.2, 0) is 32.7 Å². The quantitative estimate of drug-likeness (QED) is 0.460. The van der Waals surface area contributed by atoms with Gasteiger partial charge in [-0.1, -0.05) is 12.0 Å². The van der Waals surface area contributed by atoms with Gasteiger partial charge in [0.2, 0.25) is 5.41 Å². The molecule has 0 aliphatic heterocycles. The Hall–Kier alpha value is -3.87. The Labute approximate surface area is 172 Å². The number of carboxylic acid groups (broad SMARTS) is 2. The van der Waals surface area contributed by atoms with Gasteiger partial charge in [0, 0.05) is 18.8 Å². The monoisotopic (exact) mass is 414 g/mol. The van der Waals surface area contributed by atoms with E-state index < -0.39 is 35.5 Å². The molecule has 0 aromatic carbocycles. The van der Waals surface area contributed by atoms with Crippen molar-refractivity contribution in [2.45, 2.75) is 44.8 Å². The van der Waals surface area contributed by atoms with Crippen LogP contribution < -0.4 is 5.32 Å². The van der Waals surface area contributed by atoms with E-state index >= 15 is 0 Å². The molecule has 0 fully saturated rings. The predicted molar refractivity (Wildman–Crippen MR) is 106 cm³/mol. The molecule has 0 saturated carbocycles. The fraction of sp³-hybridized carbons (Fsp3) is 0.350. The summed E-state index contributed by atoms with van der Waals surface area (Å²) in [6.07, 6.45) is 7.97. The predicted octanol–water partition coefficient (Wildman–Crippen LogP) is 1.91. The minimum absolute atomic E-state index is 0.120. The zero-order valence-electron chi connectivity index (χ0n) is 16.7. The number of aromatic nitrogens is 3. The Bertz CT molecular complexity index is 968. The van der Waals surface area contributed by atoms with Crippen LogP contribution >= 0.6 is 0 Å². The molecule has 10 heteroatoms. The number of nitrogens with one attached hydrogen (secondary N) is 1. The Morgan fingerprint density at radius 2 is 1.87 bits per heavy atom. The Balaban J connectivity index is 2.28. The molecular formula is C20H22N4O6. The number of hydrogen-bond acceptors (Lipinski definition) is 6. The van der Waals surface area contributed by atoms with Gasteiger partial charge in [-0.2, -0.15) is 0 Å². The number of hydrogen-bond donors (Lipinski definition) is 3. The lowest BCUT2D eigenvalue weighted by atomic mass is 9.79. The molecule has 0 aliphatic carbocycles. The number of ether oxygens (including phenoxy) is 1. The number of carbonyl (C=O) groups excluding carboxylic acids is 1. The van der Waals surface area contributed by atoms with Crippen LogP contribution in [0, 0.1) is 12.3 Å². The average molecular weight is 414 g/mol. The van der Waals surface area contributed by atoms with Crippen molar-refractivity contribution >= 4 is 23.8 Å². The van der Waals surface area contributed by atoms with Crippen molar-refractivity contribution in [1.82, 2.24) is 14.5 Å². The zero-order chi connectivity index (χ0) is 22.5. The van der Waals surface area contributed by atoms with Gasteiger partial charge < -0.3 is 19.5 Å². The number of terminal acetylenes is 1. The largest absolute Gasteiger partial charge is 0.480 e. The molecule has 2 rings (SSSR count). The summed E-state index contributed by atoms with van der Waals surface area (Å²) in [6.45, 7) is 5.26. The molecule has 158 valence electrons. The van der Waals surface area contributed by atoms with E-state index in [-0.39, 0.29) is 18.1 Å². The lowest BCUT2D eigenvalue weighted by molar-refractivity contribution is -0.157. The van der Waals surface area contributed by atoms with E-state index in [9.17, 15) is 24.6 Å². The first-order chi connectivity index (χ1) is 14.0. The SMILES string of the molecule is C#CCn1cnc(C(Cc2ccc(NC(=O)OC(C)(C)C)nc2)(C(=O)O)C(=O)O)c1. The molecule has 2 heterocycles. The average Bonchev–Trinajstić information content (AvgIpc) is 3.08. The highest BCUT2D eigenvalue weighted by atomic mass is 16.6. The molecule has 0 bridgehead atoms. The van der Waals surface area contributed by atoms with Gasteiger partial charge in [0.05, 0.1) is 18.6 Å². The summed E-state index contributed by atoms with van der Waals surface area (Å²) in [5, 5.41) is 22.0. The first-order valence-electron chi connectivity index (χ1n) is 8.85. The number of anilines is 1. The van der Waals surface area contributed by atoms with E-state index in [0.717, 1.165) is 0 Å². The van der Waals surface area contributed by atoms with Crippen LogP contribution in [0.1, 0.15) is 32.0 Å². The smallest absolute Gasteiger partial charge is 0.413 e. The van der Waals surface area contributed by atoms with Gasteiger partial charge >= 0.3 is 18.0 Å². The Morgan fingerprint density at radius 1 is 1.20 bits per heavy atom. The summed E-state index contributed by atoms with van der Waals surface area (Å²) < 4.78 is 6.54. The van der Waals surface area contributed by atoms with Crippen molar-refractivity contribution in [3.8, 4) is 12.3 Å². The molecule has 2 aromatic heterocycles. The topological polar surface area (TPSA) is 144 Å². The summed E-state index contributed by atoms with van der Waals surface area (Å²) in [7, 11) is 0. The van der Waals surface area contributed by atoms with Crippen LogP contribution in [0.25, 0.3) is 0 Å². The third-order valence-corrected chi connectivity index (χ3v) is 4.00. The Kier molecular flexibility index (Phi) is 6.46. The van der Waals surface area contributed by atoms with Crippen molar-refractivity contribution in [3.05, 3.63) is 42.1 Å². The first kappa shape index (κ1) is 22.4. The van der Waals surface area contributed by atoms with Gasteiger partial charge in [0.25, 0.3) is 0 Å². The van der Waals surface area contributed by atoms with Crippen LogP contribution in [0.3, 0.4) is 0 Å². The lowest BCUT2D eigenvalue weighted by Gasteiger charge is -2.23. The summed E-state index contributed by atoms with van der Waals surface area (Å²) in [5.41, 5.74) is -2.85. The second kappa shape index (κ2) is 8.65. The van der Waals surface area contributed by atoms with Crippen LogP contribution in [0.5, 0.6) is 0 Å². The van der Waals surface area contributed by atoms with Gasteiger partial charge in [-0.15, -0.1) is 6.42 Å². The third-order valence-electron chi connectivity index (χ3n) is 4.00. The van der Waals surface area contributed by atoms with Gasteiger partial charge in [-0.25, -0.2) is 14.8 Å². The van der Waals surface area contributed by atoms with Gasteiger partial charge in [0.1, 0.15) is 11.4 Å². The highest BCUT2D eigenvalue weighted by Crippen LogP contribution is 2.29. The zero-order valence-corrected chi connectivity index (χ0v) is 16.7. The van der Waals surface area contributed by atoms with Crippen molar-refractivity contribution in [2.24, 2.45) is 0 Å². The van der Waals surface area contributed by atoms with Gasteiger partial charge in [0.15, 0.2) is 0 Å². The molecule has 30 heavy (non-hydrogen) atoms. The molecule has 0 saturated heterocycles. The molecule has 0 atom stereocenters. The third kappa shape index (κ3) is 5.14. The summed E-state index contributed by atoms with van der Waals surface area (Å²) in [5.74, 6) is -0.610. The van der Waals surface area contributed by atoms with Crippen molar-refractivity contribution < 1.29 is 29.3 Å². The van der Waals surface area contributed by atoms with Crippen LogP contribution in [0.15, 0.2) is 30.9 Å². The second-order valence-corrected chi connectivity index (χ2v) is 7.51. The standard InChI is InChI=1S/C20H22N4O6/c1-5-8-24-11-14(22-12-24)20(16(25)26,17(27)28)9-13-6-7-15(21-10-13)23-18(29)30-19(2,3)4/h1,6-7,10-12H,8-9H2,2-4H3,(H,25,26)(H,27,28)(H,21,23,29). The summed E-state index contributed by atoms with van der Waals surface area (Å²) in [4.78, 5) is 43.8. The number of carboxylic acids is 2. The van der Waals surface area contributed by atoms with E-state index in [4.69, 9.17) is 11.2 Å². The van der Waals surface area contributed by atoms with Crippen molar-refractivity contribution in [2.75, 3.05) is 5.32 Å². The van der Waals surface area contributed by atoms with E-state index in [1.165, 1.54) is 35.4 Å². The maximum absolute atomic E-state index is 12.0.